The minimum atomic E-state index is -0.463. The Kier molecular flexibility index (Phi) is 4.84. The first kappa shape index (κ1) is 14.2. The number of carbonyl (C=O) groups excluding carboxylic acids is 2. The molecule has 4 nitrogen and oxygen atoms in total. The Morgan fingerprint density at radius 2 is 1.95 bits per heavy atom. The van der Waals surface area contributed by atoms with E-state index < -0.39 is 11.9 Å². The van der Waals surface area contributed by atoms with Gasteiger partial charge >= 0.3 is 5.97 Å². The van der Waals surface area contributed by atoms with Gasteiger partial charge in [0.1, 0.15) is 5.82 Å². The lowest BCUT2D eigenvalue weighted by Crippen LogP contribution is -2.21. The van der Waals surface area contributed by atoms with Crippen LogP contribution in [0.1, 0.15) is 5.56 Å². The number of ether oxygens (including phenoxy) is 1. The van der Waals surface area contributed by atoms with E-state index in [1.54, 1.807) is 0 Å². The number of anilines is 1. The fraction of sp³-hybridized carbons (Fsp3) is 0.143. The number of benzene rings is 1. The number of rotatable bonds is 5. The third-order valence-electron chi connectivity index (χ3n) is 2.42. The van der Waals surface area contributed by atoms with Gasteiger partial charge in [-0.1, -0.05) is 0 Å². The summed E-state index contributed by atoms with van der Waals surface area (Å²) in [7, 11) is 0. The van der Waals surface area contributed by atoms with Crippen LogP contribution in [0.2, 0.25) is 0 Å². The topological polar surface area (TPSA) is 55.4 Å². The van der Waals surface area contributed by atoms with Crippen LogP contribution >= 0.6 is 11.3 Å². The fourth-order valence-electron chi connectivity index (χ4n) is 1.49. The summed E-state index contributed by atoms with van der Waals surface area (Å²) in [5.41, 5.74) is 1.31. The zero-order valence-corrected chi connectivity index (χ0v) is 11.3. The van der Waals surface area contributed by atoms with Crippen molar-refractivity contribution in [2.75, 3.05) is 11.9 Å². The van der Waals surface area contributed by atoms with Crippen molar-refractivity contribution >= 4 is 28.9 Å². The molecule has 6 heteroatoms. The molecule has 0 aliphatic rings. The molecule has 0 atom stereocenters. The number of hydrogen-bond acceptors (Lipinski definition) is 4. The number of nitrogens with one attached hydrogen (secondary N) is 1. The van der Waals surface area contributed by atoms with Gasteiger partial charge in [-0.05, 0) is 46.7 Å². The van der Waals surface area contributed by atoms with Gasteiger partial charge in [0.05, 0.1) is 6.42 Å². The Morgan fingerprint density at radius 1 is 1.20 bits per heavy atom. The standard InChI is InChI=1S/C14H12FNO3S/c15-11-1-3-12(4-2-11)16-13(17)8-19-14(18)7-10-5-6-20-9-10/h1-6,9H,7-8H2,(H,16,17). The van der Waals surface area contributed by atoms with Crippen molar-refractivity contribution in [3.63, 3.8) is 0 Å². The summed E-state index contributed by atoms with van der Waals surface area (Å²) in [6, 6.07) is 7.15. The normalized spacial score (nSPS) is 10.1. The monoisotopic (exact) mass is 293 g/mol. The van der Waals surface area contributed by atoms with Crippen LogP contribution in [0.3, 0.4) is 0 Å². The summed E-state index contributed by atoms with van der Waals surface area (Å²) in [6.45, 7) is -0.361. The molecule has 1 N–H and O–H groups in total. The van der Waals surface area contributed by atoms with Crippen LogP contribution in [-0.4, -0.2) is 18.5 Å². The largest absolute Gasteiger partial charge is 0.455 e. The molecule has 2 aromatic rings. The molecule has 2 rings (SSSR count). The van der Waals surface area contributed by atoms with Crippen molar-refractivity contribution in [3.05, 3.63) is 52.5 Å². The molecule has 0 spiro atoms. The van der Waals surface area contributed by atoms with Crippen LogP contribution < -0.4 is 5.32 Å². The number of hydrogen-bond donors (Lipinski definition) is 1. The number of carbonyl (C=O) groups is 2. The number of thiophene rings is 1. The van der Waals surface area contributed by atoms with Gasteiger partial charge < -0.3 is 10.1 Å². The number of esters is 1. The molecule has 1 aromatic carbocycles. The molecule has 0 unspecified atom stereocenters. The van der Waals surface area contributed by atoms with E-state index in [-0.39, 0.29) is 18.8 Å². The van der Waals surface area contributed by atoms with Gasteiger partial charge in [0.25, 0.3) is 5.91 Å². The van der Waals surface area contributed by atoms with Gasteiger partial charge in [0, 0.05) is 5.69 Å². The maximum Gasteiger partial charge on any atom is 0.310 e. The summed E-state index contributed by atoms with van der Waals surface area (Å²) in [5, 5.41) is 6.21. The highest BCUT2D eigenvalue weighted by Crippen LogP contribution is 2.09. The molecule has 0 fully saturated rings. The second-order valence-corrected chi connectivity index (χ2v) is 4.80. The molecule has 104 valence electrons. The van der Waals surface area contributed by atoms with E-state index in [1.807, 2.05) is 16.8 Å². The Balaban J connectivity index is 1.74. The van der Waals surface area contributed by atoms with Crippen molar-refractivity contribution in [1.29, 1.82) is 0 Å². The molecule has 0 aliphatic carbocycles. The van der Waals surface area contributed by atoms with Crippen molar-refractivity contribution < 1.29 is 18.7 Å². The fourth-order valence-corrected chi connectivity index (χ4v) is 2.16. The third-order valence-corrected chi connectivity index (χ3v) is 3.15. The smallest absolute Gasteiger partial charge is 0.310 e. The maximum absolute atomic E-state index is 12.7. The Hall–Kier alpha value is -2.21. The maximum atomic E-state index is 12.7. The first-order valence-electron chi connectivity index (χ1n) is 5.85. The van der Waals surface area contributed by atoms with Crippen LogP contribution in [0, 0.1) is 5.82 Å². The van der Waals surface area contributed by atoms with E-state index in [2.05, 4.69) is 5.32 Å². The van der Waals surface area contributed by atoms with Gasteiger partial charge in [-0.25, -0.2) is 4.39 Å². The lowest BCUT2D eigenvalue weighted by molar-refractivity contribution is -0.146. The number of amides is 1. The lowest BCUT2D eigenvalue weighted by atomic mass is 10.2. The third kappa shape index (κ3) is 4.47. The van der Waals surface area contributed by atoms with Gasteiger partial charge in [-0.15, -0.1) is 0 Å². The predicted octanol–water partition coefficient (Wildman–Crippen LogP) is 2.61. The highest BCUT2D eigenvalue weighted by atomic mass is 32.1. The quantitative estimate of drug-likeness (QED) is 0.862. The minimum Gasteiger partial charge on any atom is -0.455 e. The van der Waals surface area contributed by atoms with Crippen molar-refractivity contribution in [2.45, 2.75) is 6.42 Å². The van der Waals surface area contributed by atoms with Crippen molar-refractivity contribution in [2.24, 2.45) is 0 Å². The molecular weight excluding hydrogens is 281 g/mol. The summed E-state index contributed by atoms with van der Waals surface area (Å²) >= 11 is 1.49. The average Bonchev–Trinajstić information content (AvgIpc) is 2.92. The molecule has 1 aromatic heterocycles. The molecule has 1 amide bonds. The number of halogens is 1. The van der Waals surface area contributed by atoms with E-state index in [1.165, 1.54) is 35.6 Å². The molecule has 0 radical (unpaired) electrons. The Morgan fingerprint density at radius 3 is 2.60 bits per heavy atom. The second-order valence-electron chi connectivity index (χ2n) is 4.02. The Bertz CT molecular complexity index is 581. The van der Waals surface area contributed by atoms with Crippen LogP contribution in [0.25, 0.3) is 0 Å². The van der Waals surface area contributed by atoms with Crippen molar-refractivity contribution in [1.82, 2.24) is 0 Å². The van der Waals surface area contributed by atoms with E-state index in [4.69, 9.17) is 4.74 Å². The minimum absolute atomic E-state index is 0.146. The van der Waals surface area contributed by atoms with Gasteiger partial charge in [0.15, 0.2) is 6.61 Å². The SMILES string of the molecule is O=C(COC(=O)Cc1ccsc1)Nc1ccc(F)cc1. The van der Waals surface area contributed by atoms with Crippen LogP contribution in [0.15, 0.2) is 41.1 Å². The summed E-state index contributed by atoms with van der Waals surface area (Å²) in [4.78, 5) is 23.0. The summed E-state index contributed by atoms with van der Waals surface area (Å²) in [6.07, 6.45) is 0.146. The summed E-state index contributed by atoms with van der Waals surface area (Å²) in [5.74, 6) is -1.31. The van der Waals surface area contributed by atoms with Gasteiger partial charge in [-0.2, -0.15) is 11.3 Å². The lowest BCUT2D eigenvalue weighted by Gasteiger charge is -2.06. The molecular formula is C14H12FNO3S. The van der Waals surface area contributed by atoms with Crippen molar-refractivity contribution in [3.8, 4) is 0 Å². The molecule has 0 saturated carbocycles. The molecule has 1 heterocycles. The highest BCUT2D eigenvalue weighted by Gasteiger charge is 2.09. The first-order valence-corrected chi connectivity index (χ1v) is 6.80. The molecule has 0 aliphatic heterocycles. The highest BCUT2D eigenvalue weighted by molar-refractivity contribution is 7.07. The molecule has 0 saturated heterocycles. The van der Waals surface area contributed by atoms with E-state index >= 15 is 0 Å². The second kappa shape index (κ2) is 6.81. The zero-order valence-electron chi connectivity index (χ0n) is 10.5. The van der Waals surface area contributed by atoms with Gasteiger partial charge in [0.2, 0.25) is 0 Å². The molecule has 20 heavy (non-hydrogen) atoms. The van der Waals surface area contributed by atoms with E-state index in [9.17, 15) is 14.0 Å². The zero-order chi connectivity index (χ0) is 14.4. The first-order chi connectivity index (χ1) is 9.63. The van der Waals surface area contributed by atoms with Crippen LogP contribution in [-0.2, 0) is 20.7 Å². The summed E-state index contributed by atoms with van der Waals surface area (Å²) < 4.78 is 17.5. The Labute approximate surface area is 119 Å². The average molecular weight is 293 g/mol. The van der Waals surface area contributed by atoms with E-state index in [0.717, 1.165) is 5.56 Å². The van der Waals surface area contributed by atoms with Gasteiger partial charge in [-0.3, -0.25) is 9.59 Å². The van der Waals surface area contributed by atoms with Crippen LogP contribution in [0.4, 0.5) is 10.1 Å². The van der Waals surface area contributed by atoms with Crippen LogP contribution in [0.5, 0.6) is 0 Å². The molecule has 0 bridgehead atoms. The van der Waals surface area contributed by atoms with E-state index in [0.29, 0.717) is 5.69 Å². The predicted molar refractivity (Wildman–Crippen MR) is 74.0 cm³/mol.